The van der Waals surface area contributed by atoms with Crippen molar-refractivity contribution in [2.24, 2.45) is 0 Å². The van der Waals surface area contributed by atoms with E-state index < -0.39 is 11.6 Å². The van der Waals surface area contributed by atoms with E-state index in [0.29, 0.717) is 18.7 Å². The van der Waals surface area contributed by atoms with Gasteiger partial charge in [-0.2, -0.15) is 5.10 Å². The Bertz CT molecular complexity index is 352. The number of anilines is 1. The van der Waals surface area contributed by atoms with Crippen molar-refractivity contribution in [3.63, 3.8) is 0 Å². The summed E-state index contributed by atoms with van der Waals surface area (Å²) in [6, 6.07) is 2.92. The van der Waals surface area contributed by atoms with Crippen LogP contribution in [0.4, 0.5) is 10.6 Å². The summed E-state index contributed by atoms with van der Waals surface area (Å²) in [6.07, 6.45) is 2.71. The number of carbonyl (C=O) groups excluding carboxylic acids is 1. The van der Waals surface area contributed by atoms with Gasteiger partial charge in [0.2, 0.25) is 0 Å². The molecule has 0 radical (unpaired) electrons. The van der Waals surface area contributed by atoms with Crippen molar-refractivity contribution in [2.75, 3.05) is 11.9 Å². The molecule has 0 unspecified atom stereocenters. The first kappa shape index (κ1) is 13.4. The van der Waals surface area contributed by atoms with Crippen LogP contribution in [-0.4, -0.2) is 33.5 Å². The van der Waals surface area contributed by atoms with Crippen LogP contribution in [0, 0.1) is 0 Å². The fourth-order valence-electron chi connectivity index (χ4n) is 1.27. The molecule has 0 saturated carbocycles. The van der Waals surface area contributed by atoms with Gasteiger partial charge < -0.3 is 10.4 Å². The maximum atomic E-state index is 11.5. The Balaban J connectivity index is 2.41. The molecule has 94 valence electrons. The fourth-order valence-corrected chi connectivity index (χ4v) is 1.27. The first-order chi connectivity index (χ1) is 8.09. The molecule has 1 rings (SSSR count). The summed E-state index contributed by atoms with van der Waals surface area (Å²) in [5.74, 6) is 0.376. The van der Waals surface area contributed by atoms with E-state index in [1.165, 1.54) is 6.20 Å². The Kier molecular flexibility index (Phi) is 4.84. The molecule has 6 heteroatoms. The third kappa shape index (κ3) is 4.36. The topological polar surface area (TPSA) is 87.1 Å². The normalized spacial score (nSPS) is 11.0. The van der Waals surface area contributed by atoms with E-state index in [2.05, 4.69) is 20.8 Å². The maximum absolute atomic E-state index is 11.5. The number of urea groups is 1. The van der Waals surface area contributed by atoms with Crippen molar-refractivity contribution in [1.29, 1.82) is 0 Å². The highest BCUT2D eigenvalue weighted by atomic mass is 16.3. The number of rotatable bonds is 5. The monoisotopic (exact) mass is 238 g/mol. The third-order valence-corrected chi connectivity index (χ3v) is 2.71. The number of hydrogen-bond acceptors (Lipinski definition) is 4. The summed E-state index contributed by atoms with van der Waals surface area (Å²) >= 11 is 0. The van der Waals surface area contributed by atoms with Crippen LogP contribution in [-0.2, 0) is 0 Å². The number of nitrogens with zero attached hydrogens (tertiary/aromatic N) is 2. The molecule has 0 aliphatic carbocycles. The zero-order valence-corrected chi connectivity index (χ0v) is 10.1. The van der Waals surface area contributed by atoms with E-state index in [1.54, 1.807) is 12.1 Å². The summed E-state index contributed by atoms with van der Waals surface area (Å²) in [7, 11) is 0. The van der Waals surface area contributed by atoms with Crippen molar-refractivity contribution < 1.29 is 9.90 Å². The second kappa shape index (κ2) is 6.15. The number of aliphatic hydroxyl groups is 1. The van der Waals surface area contributed by atoms with Crippen LogP contribution in [0.5, 0.6) is 0 Å². The van der Waals surface area contributed by atoms with Gasteiger partial charge >= 0.3 is 6.03 Å². The minimum Gasteiger partial charge on any atom is -0.388 e. The Hall–Kier alpha value is -1.69. The predicted octanol–water partition coefficient (Wildman–Crippen LogP) is 1.15. The lowest BCUT2D eigenvalue weighted by atomic mass is 9.98. The van der Waals surface area contributed by atoms with E-state index in [9.17, 15) is 9.90 Å². The number of nitrogens with one attached hydrogen (secondary N) is 2. The lowest BCUT2D eigenvalue weighted by molar-refractivity contribution is 0.0354. The molecule has 1 aromatic rings. The summed E-state index contributed by atoms with van der Waals surface area (Å²) in [5, 5.41) is 22.5. The molecule has 0 fully saturated rings. The minimum atomic E-state index is -0.848. The molecule has 1 aromatic heterocycles. The zero-order valence-electron chi connectivity index (χ0n) is 10.1. The standard InChI is InChI=1S/C11H18N4O2/c1-3-11(17,4-2)8-12-10(16)14-9-6-5-7-13-15-9/h5-7,17H,3-4,8H2,1-2H3,(H2,12,14,15,16). The van der Waals surface area contributed by atoms with E-state index in [-0.39, 0.29) is 6.54 Å². The van der Waals surface area contributed by atoms with E-state index in [1.807, 2.05) is 13.8 Å². The van der Waals surface area contributed by atoms with Gasteiger partial charge in [0, 0.05) is 12.7 Å². The van der Waals surface area contributed by atoms with Gasteiger partial charge in [0.1, 0.15) is 0 Å². The van der Waals surface area contributed by atoms with Crippen molar-refractivity contribution in [2.45, 2.75) is 32.3 Å². The van der Waals surface area contributed by atoms with Crippen molar-refractivity contribution in [3.05, 3.63) is 18.3 Å². The van der Waals surface area contributed by atoms with Gasteiger partial charge in [-0.3, -0.25) is 5.32 Å². The largest absolute Gasteiger partial charge is 0.388 e. The molecule has 3 N–H and O–H groups in total. The van der Waals surface area contributed by atoms with E-state index in [4.69, 9.17) is 0 Å². The van der Waals surface area contributed by atoms with Gasteiger partial charge in [-0.1, -0.05) is 13.8 Å². The number of hydrogen-bond donors (Lipinski definition) is 3. The number of carbonyl (C=O) groups is 1. The maximum Gasteiger partial charge on any atom is 0.320 e. The van der Waals surface area contributed by atoms with Crippen LogP contribution < -0.4 is 10.6 Å². The van der Waals surface area contributed by atoms with Crippen LogP contribution >= 0.6 is 0 Å². The van der Waals surface area contributed by atoms with E-state index >= 15 is 0 Å². The molecule has 6 nitrogen and oxygen atoms in total. The van der Waals surface area contributed by atoms with Crippen LogP contribution in [0.15, 0.2) is 18.3 Å². The molecular formula is C11H18N4O2. The summed E-state index contributed by atoms with van der Waals surface area (Å²) in [4.78, 5) is 11.5. The highest BCUT2D eigenvalue weighted by molar-refractivity contribution is 5.88. The quantitative estimate of drug-likeness (QED) is 0.718. The van der Waals surface area contributed by atoms with Gasteiger partial charge in [0.25, 0.3) is 0 Å². The fraction of sp³-hybridized carbons (Fsp3) is 0.545. The van der Waals surface area contributed by atoms with E-state index in [0.717, 1.165) is 0 Å². The van der Waals surface area contributed by atoms with Crippen molar-refractivity contribution in [1.82, 2.24) is 15.5 Å². The first-order valence-corrected chi connectivity index (χ1v) is 5.64. The third-order valence-electron chi connectivity index (χ3n) is 2.71. The van der Waals surface area contributed by atoms with Crippen LogP contribution in [0.3, 0.4) is 0 Å². The highest BCUT2D eigenvalue weighted by Gasteiger charge is 2.22. The summed E-state index contributed by atoms with van der Waals surface area (Å²) < 4.78 is 0. The summed E-state index contributed by atoms with van der Waals surface area (Å²) in [6.45, 7) is 3.98. The molecule has 0 saturated heterocycles. The molecule has 0 aliphatic heterocycles. The molecule has 0 aromatic carbocycles. The van der Waals surface area contributed by atoms with Gasteiger partial charge in [-0.25, -0.2) is 4.79 Å². The molecule has 0 atom stereocenters. The average molecular weight is 238 g/mol. The number of amides is 2. The molecule has 1 heterocycles. The lowest BCUT2D eigenvalue weighted by Crippen LogP contribution is -2.43. The summed E-state index contributed by atoms with van der Waals surface area (Å²) in [5.41, 5.74) is -0.848. The molecule has 0 aliphatic rings. The Labute approximate surface area is 100 Å². The minimum absolute atomic E-state index is 0.214. The number of aromatic nitrogens is 2. The SMILES string of the molecule is CCC(O)(CC)CNC(=O)Nc1cccnn1. The molecular weight excluding hydrogens is 220 g/mol. The molecule has 0 bridgehead atoms. The molecule has 0 spiro atoms. The van der Waals surface area contributed by atoms with Gasteiger partial charge in [0.15, 0.2) is 5.82 Å². The molecule has 17 heavy (non-hydrogen) atoms. The Morgan fingerprint density at radius 1 is 1.47 bits per heavy atom. The van der Waals surface area contributed by atoms with Gasteiger partial charge in [0.05, 0.1) is 5.60 Å². The highest BCUT2D eigenvalue weighted by Crippen LogP contribution is 2.12. The Morgan fingerprint density at radius 2 is 2.18 bits per heavy atom. The molecule has 2 amide bonds. The average Bonchev–Trinajstić information content (AvgIpc) is 2.37. The van der Waals surface area contributed by atoms with Crippen LogP contribution in [0.25, 0.3) is 0 Å². The second-order valence-corrected chi connectivity index (χ2v) is 3.85. The smallest absolute Gasteiger partial charge is 0.320 e. The first-order valence-electron chi connectivity index (χ1n) is 5.64. The van der Waals surface area contributed by atoms with Crippen LogP contribution in [0.1, 0.15) is 26.7 Å². The predicted molar refractivity (Wildman–Crippen MR) is 64.6 cm³/mol. The second-order valence-electron chi connectivity index (χ2n) is 3.85. The van der Waals surface area contributed by atoms with Crippen molar-refractivity contribution in [3.8, 4) is 0 Å². The lowest BCUT2D eigenvalue weighted by Gasteiger charge is -2.25. The zero-order chi connectivity index (χ0) is 12.7. The Morgan fingerprint density at radius 3 is 2.71 bits per heavy atom. The van der Waals surface area contributed by atoms with Gasteiger partial charge in [-0.15, -0.1) is 5.10 Å². The van der Waals surface area contributed by atoms with Crippen LogP contribution in [0.2, 0.25) is 0 Å². The van der Waals surface area contributed by atoms with Gasteiger partial charge in [-0.05, 0) is 25.0 Å². The van der Waals surface area contributed by atoms with Crippen molar-refractivity contribution >= 4 is 11.8 Å².